The molecule has 0 saturated carbocycles. The summed E-state index contributed by atoms with van der Waals surface area (Å²) in [5, 5.41) is 0.0571. The Morgan fingerprint density at radius 2 is 1.89 bits per heavy atom. The zero-order valence-electron chi connectivity index (χ0n) is 20.8. The Kier molecular flexibility index (Phi) is 5.93. The van der Waals surface area contributed by atoms with Gasteiger partial charge in [-0.2, -0.15) is 0 Å². The molecule has 0 bridgehead atoms. The summed E-state index contributed by atoms with van der Waals surface area (Å²) < 4.78 is 20.9. The van der Waals surface area contributed by atoms with Crippen LogP contribution < -0.4 is 5.73 Å². The van der Waals surface area contributed by atoms with Crippen LogP contribution in [0.2, 0.25) is 18.1 Å². The van der Waals surface area contributed by atoms with Crippen molar-refractivity contribution in [2.24, 2.45) is 11.8 Å². The summed E-state index contributed by atoms with van der Waals surface area (Å²) in [6.45, 7) is 11.4. The zero-order chi connectivity index (χ0) is 25.0. The van der Waals surface area contributed by atoms with E-state index in [1.807, 2.05) is 34.9 Å². The predicted molar refractivity (Wildman–Crippen MR) is 134 cm³/mol. The SMILES string of the molecule is CC(C)(C)[Si](C)(C)OC[C@H]1O[C@@H](n2cnc3c(N)ncnc32)[C@H]2[C@@H]1OC(=O)[C@@H]2Cc1ccccc1. The number of nitrogens with zero attached hydrogens (tertiary/aromatic N) is 4. The van der Waals surface area contributed by atoms with Crippen LogP contribution in [0, 0.1) is 11.8 Å². The van der Waals surface area contributed by atoms with E-state index in [-0.39, 0.29) is 28.9 Å². The van der Waals surface area contributed by atoms with Gasteiger partial charge in [0.15, 0.2) is 19.8 Å². The maximum atomic E-state index is 13.2. The first-order valence-corrected chi connectivity index (χ1v) is 14.9. The number of anilines is 1. The van der Waals surface area contributed by atoms with Crippen molar-refractivity contribution in [3.05, 3.63) is 48.5 Å². The highest BCUT2D eigenvalue weighted by molar-refractivity contribution is 6.74. The number of benzene rings is 1. The molecule has 2 fully saturated rings. The van der Waals surface area contributed by atoms with E-state index in [0.717, 1.165) is 5.56 Å². The number of nitrogens with two attached hydrogens (primary N) is 1. The van der Waals surface area contributed by atoms with Gasteiger partial charge in [-0.1, -0.05) is 51.1 Å². The van der Waals surface area contributed by atoms with Gasteiger partial charge in [0.1, 0.15) is 30.3 Å². The molecule has 0 amide bonds. The number of rotatable bonds is 6. The molecule has 2 N–H and O–H groups in total. The number of hydrogen-bond acceptors (Lipinski definition) is 8. The van der Waals surface area contributed by atoms with E-state index < -0.39 is 20.6 Å². The number of imidazole rings is 1. The summed E-state index contributed by atoms with van der Waals surface area (Å²) in [4.78, 5) is 26.0. The fourth-order valence-electron chi connectivity index (χ4n) is 4.75. The van der Waals surface area contributed by atoms with Crippen LogP contribution >= 0.6 is 0 Å². The van der Waals surface area contributed by atoms with Crippen molar-refractivity contribution in [1.29, 1.82) is 0 Å². The number of carbonyl (C=O) groups is 1. The molecule has 2 aliphatic heterocycles. The Bertz CT molecular complexity index is 1230. The highest BCUT2D eigenvalue weighted by Crippen LogP contribution is 2.48. The molecule has 2 aliphatic rings. The molecule has 186 valence electrons. The third-order valence-corrected chi connectivity index (χ3v) is 12.3. The van der Waals surface area contributed by atoms with Crippen molar-refractivity contribution in [3.8, 4) is 0 Å². The standard InChI is InChI=1S/C25H33N5O4Si/c1-25(2,3)35(4,5)32-12-17-20-18(16(24(31)34-20)11-15-9-7-6-8-10-15)23(33-17)30-14-29-19-21(26)27-13-28-22(19)30/h6-10,13-14,16-18,20,23H,11-12H2,1-5H3,(H2,26,27,28)/t16-,17-,18-,20-,23-/m1/s1. The molecule has 5 rings (SSSR count). The molecule has 0 aliphatic carbocycles. The molecule has 0 radical (unpaired) electrons. The Balaban J connectivity index is 1.49. The molecule has 10 heteroatoms. The largest absolute Gasteiger partial charge is 0.459 e. The minimum atomic E-state index is -2.03. The maximum absolute atomic E-state index is 13.2. The highest BCUT2D eigenvalue weighted by atomic mass is 28.4. The molecular formula is C25H33N5O4Si. The number of fused-ring (bicyclic) bond motifs is 2. The summed E-state index contributed by atoms with van der Waals surface area (Å²) in [5.41, 5.74) is 8.20. The van der Waals surface area contributed by atoms with Crippen molar-refractivity contribution in [2.45, 2.75) is 63.8 Å². The smallest absolute Gasteiger partial charge is 0.310 e. The number of aromatic nitrogens is 4. The van der Waals surface area contributed by atoms with Gasteiger partial charge >= 0.3 is 5.97 Å². The Labute approximate surface area is 206 Å². The van der Waals surface area contributed by atoms with Crippen molar-refractivity contribution in [2.75, 3.05) is 12.3 Å². The molecule has 3 aromatic rings. The first-order chi connectivity index (χ1) is 16.6. The predicted octanol–water partition coefficient (Wildman–Crippen LogP) is 3.73. The minimum absolute atomic E-state index is 0.0571. The van der Waals surface area contributed by atoms with Crippen molar-refractivity contribution in [1.82, 2.24) is 19.5 Å². The van der Waals surface area contributed by atoms with Crippen LogP contribution in [0.5, 0.6) is 0 Å². The third kappa shape index (κ3) is 4.23. The van der Waals surface area contributed by atoms with Gasteiger partial charge in [0, 0.05) is 0 Å². The Hall–Kier alpha value is -2.82. The van der Waals surface area contributed by atoms with E-state index in [2.05, 4.69) is 48.8 Å². The Morgan fingerprint density at radius 3 is 2.60 bits per heavy atom. The van der Waals surface area contributed by atoms with Gasteiger partial charge in [0.25, 0.3) is 0 Å². The van der Waals surface area contributed by atoms with Gasteiger partial charge in [0.2, 0.25) is 0 Å². The second-order valence-corrected chi connectivity index (χ2v) is 15.8. The maximum Gasteiger partial charge on any atom is 0.310 e. The average molecular weight is 496 g/mol. The molecule has 35 heavy (non-hydrogen) atoms. The molecule has 4 heterocycles. The second-order valence-electron chi connectivity index (χ2n) is 11.0. The molecule has 0 unspecified atom stereocenters. The number of nitrogen functional groups attached to an aromatic ring is 1. The number of esters is 1. The van der Waals surface area contributed by atoms with Crippen molar-refractivity contribution < 1.29 is 18.7 Å². The van der Waals surface area contributed by atoms with Crippen LogP contribution in [-0.2, 0) is 25.1 Å². The van der Waals surface area contributed by atoms with Crippen molar-refractivity contribution in [3.63, 3.8) is 0 Å². The van der Waals surface area contributed by atoms with E-state index in [0.29, 0.717) is 30.0 Å². The molecule has 2 aromatic heterocycles. The van der Waals surface area contributed by atoms with E-state index in [4.69, 9.17) is 19.6 Å². The van der Waals surface area contributed by atoms with Crippen LogP contribution in [0.3, 0.4) is 0 Å². The molecule has 1 aromatic carbocycles. The van der Waals surface area contributed by atoms with E-state index in [1.165, 1.54) is 6.33 Å². The van der Waals surface area contributed by atoms with E-state index in [9.17, 15) is 4.79 Å². The fourth-order valence-corrected chi connectivity index (χ4v) is 5.77. The fraction of sp³-hybridized carbons (Fsp3) is 0.520. The zero-order valence-corrected chi connectivity index (χ0v) is 21.8. The summed E-state index contributed by atoms with van der Waals surface area (Å²) >= 11 is 0. The lowest BCUT2D eigenvalue weighted by molar-refractivity contribution is -0.151. The summed E-state index contributed by atoms with van der Waals surface area (Å²) in [7, 11) is -2.03. The van der Waals surface area contributed by atoms with Gasteiger partial charge in [-0.3, -0.25) is 9.36 Å². The van der Waals surface area contributed by atoms with Crippen LogP contribution in [-0.4, -0.2) is 52.6 Å². The van der Waals surface area contributed by atoms with E-state index >= 15 is 0 Å². The lowest BCUT2D eigenvalue weighted by Crippen LogP contribution is -2.44. The topological polar surface area (TPSA) is 114 Å². The lowest BCUT2D eigenvalue weighted by Gasteiger charge is -2.37. The van der Waals surface area contributed by atoms with Crippen LogP contribution in [0.15, 0.2) is 43.0 Å². The van der Waals surface area contributed by atoms with Gasteiger partial charge in [-0.05, 0) is 30.1 Å². The molecule has 0 spiro atoms. The van der Waals surface area contributed by atoms with Gasteiger partial charge in [-0.25, -0.2) is 15.0 Å². The summed E-state index contributed by atoms with van der Waals surface area (Å²) in [6.07, 6.45) is 2.35. The first-order valence-electron chi connectivity index (χ1n) is 12.0. The van der Waals surface area contributed by atoms with Crippen LogP contribution in [0.25, 0.3) is 11.2 Å². The molecule has 2 saturated heterocycles. The van der Waals surface area contributed by atoms with Crippen LogP contribution in [0.1, 0.15) is 32.6 Å². The highest BCUT2D eigenvalue weighted by Gasteiger charge is 2.58. The van der Waals surface area contributed by atoms with Gasteiger partial charge in [0.05, 0.1) is 24.8 Å². The number of hydrogen-bond donors (Lipinski definition) is 1. The normalized spacial score (nSPS) is 26.8. The third-order valence-electron chi connectivity index (χ3n) is 7.78. The molecule has 9 nitrogen and oxygen atoms in total. The van der Waals surface area contributed by atoms with E-state index in [1.54, 1.807) is 6.33 Å². The van der Waals surface area contributed by atoms with Crippen LogP contribution in [0.4, 0.5) is 5.82 Å². The quantitative estimate of drug-likeness (QED) is 0.406. The Morgan fingerprint density at radius 1 is 1.14 bits per heavy atom. The summed E-state index contributed by atoms with van der Waals surface area (Å²) in [6, 6.07) is 9.99. The van der Waals surface area contributed by atoms with Crippen molar-refractivity contribution >= 4 is 31.3 Å². The lowest BCUT2D eigenvalue weighted by atomic mass is 9.84. The average Bonchev–Trinajstić information content (AvgIpc) is 3.47. The summed E-state index contributed by atoms with van der Waals surface area (Å²) in [5.74, 6) is -0.472. The first kappa shape index (κ1) is 23.9. The van der Waals surface area contributed by atoms with Gasteiger partial charge in [-0.15, -0.1) is 0 Å². The molecular weight excluding hydrogens is 462 g/mol. The van der Waals surface area contributed by atoms with Gasteiger partial charge < -0.3 is 19.6 Å². The molecule has 5 atom stereocenters. The number of carbonyl (C=O) groups excluding carboxylic acids is 1. The number of ether oxygens (including phenoxy) is 2. The minimum Gasteiger partial charge on any atom is -0.459 e. The second kappa shape index (κ2) is 8.68. The monoisotopic (exact) mass is 495 g/mol.